The van der Waals surface area contributed by atoms with Gasteiger partial charge in [0.15, 0.2) is 0 Å². The fourth-order valence-corrected chi connectivity index (χ4v) is 4.55. The molecule has 7 nitrogen and oxygen atoms in total. The number of fused-ring (bicyclic) bond motifs is 4. The molecule has 3 aliphatic heterocycles. The van der Waals surface area contributed by atoms with Crippen molar-refractivity contribution in [1.82, 2.24) is 14.6 Å². The molecule has 0 aliphatic carbocycles. The van der Waals surface area contributed by atoms with Crippen LogP contribution in [0.15, 0.2) is 18.2 Å². The molecule has 0 saturated carbocycles. The van der Waals surface area contributed by atoms with Crippen molar-refractivity contribution in [1.29, 1.82) is 0 Å². The van der Waals surface area contributed by atoms with Gasteiger partial charge in [-0.05, 0) is 42.6 Å². The van der Waals surface area contributed by atoms with E-state index < -0.39 is 0 Å². The van der Waals surface area contributed by atoms with E-state index in [-0.39, 0.29) is 23.4 Å². The van der Waals surface area contributed by atoms with Crippen LogP contribution < -0.4 is 16.4 Å². The van der Waals surface area contributed by atoms with Crippen molar-refractivity contribution < 1.29 is 9.59 Å². The molecule has 25 heavy (non-hydrogen) atoms. The Balaban J connectivity index is 1.55. The molecule has 4 heterocycles. The first-order valence-electron chi connectivity index (χ1n) is 8.44. The largest absolute Gasteiger partial charge is 0.345 e. The van der Waals surface area contributed by atoms with Crippen molar-refractivity contribution in [2.45, 2.75) is 31.3 Å². The van der Waals surface area contributed by atoms with Crippen LogP contribution in [0, 0.1) is 0 Å². The predicted molar refractivity (Wildman–Crippen MR) is 97.8 cm³/mol. The van der Waals surface area contributed by atoms with Crippen molar-refractivity contribution in [3.63, 3.8) is 0 Å². The minimum atomic E-state index is -0.311. The van der Waals surface area contributed by atoms with Gasteiger partial charge in [0, 0.05) is 43.2 Å². The number of carbonyl (C=O) groups is 2. The lowest BCUT2D eigenvalue weighted by atomic mass is 9.77. The van der Waals surface area contributed by atoms with Crippen LogP contribution in [-0.2, 0) is 4.79 Å². The van der Waals surface area contributed by atoms with Gasteiger partial charge in [-0.3, -0.25) is 9.59 Å². The molecule has 2 bridgehead atoms. The maximum atomic E-state index is 12.8. The molecule has 2 aromatic rings. The summed E-state index contributed by atoms with van der Waals surface area (Å²) in [6.45, 7) is 4.28. The summed E-state index contributed by atoms with van der Waals surface area (Å²) in [5.41, 5.74) is 7.34. The SMILES string of the molecule is CC(=O)Nc1ccc2c(C(=O)N[C@@H]3CN4CCC3(N)CC4)nsc2c1. The lowest BCUT2D eigenvalue weighted by Crippen LogP contribution is -2.71. The molecule has 2 amide bonds. The number of aromatic nitrogens is 1. The van der Waals surface area contributed by atoms with Gasteiger partial charge in [-0.2, -0.15) is 4.37 Å². The van der Waals surface area contributed by atoms with Crippen LogP contribution in [0.25, 0.3) is 10.1 Å². The quantitative estimate of drug-likeness (QED) is 0.764. The van der Waals surface area contributed by atoms with Crippen LogP contribution in [0.4, 0.5) is 5.69 Å². The second-order valence-corrected chi connectivity index (χ2v) is 7.79. The normalized spacial score (nSPS) is 28.1. The van der Waals surface area contributed by atoms with Crippen LogP contribution in [-0.4, -0.2) is 52.3 Å². The zero-order chi connectivity index (χ0) is 17.6. The monoisotopic (exact) mass is 359 g/mol. The number of hydrogen-bond donors (Lipinski definition) is 3. The van der Waals surface area contributed by atoms with Gasteiger partial charge in [0.1, 0.15) is 5.69 Å². The molecule has 1 aromatic heterocycles. The van der Waals surface area contributed by atoms with Gasteiger partial charge in [0.05, 0.1) is 10.7 Å². The number of carbonyl (C=O) groups excluding carboxylic acids is 2. The highest BCUT2D eigenvalue weighted by molar-refractivity contribution is 7.13. The second-order valence-electron chi connectivity index (χ2n) is 6.98. The smallest absolute Gasteiger partial charge is 0.271 e. The average molecular weight is 359 g/mol. The van der Waals surface area contributed by atoms with E-state index in [0.717, 1.165) is 42.6 Å². The van der Waals surface area contributed by atoms with Crippen molar-refractivity contribution in [2.75, 3.05) is 25.0 Å². The van der Waals surface area contributed by atoms with Crippen LogP contribution in [0.3, 0.4) is 0 Å². The first-order chi connectivity index (χ1) is 11.9. The van der Waals surface area contributed by atoms with Gasteiger partial charge >= 0.3 is 0 Å². The van der Waals surface area contributed by atoms with Crippen LogP contribution >= 0.6 is 11.5 Å². The molecule has 4 N–H and O–H groups in total. The van der Waals surface area contributed by atoms with Crippen LogP contribution in [0.5, 0.6) is 0 Å². The number of amides is 2. The highest BCUT2D eigenvalue weighted by Gasteiger charge is 2.45. The summed E-state index contributed by atoms with van der Waals surface area (Å²) in [5, 5.41) is 6.64. The summed E-state index contributed by atoms with van der Waals surface area (Å²) in [6.07, 6.45) is 1.83. The number of anilines is 1. The summed E-state index contributed by atoms with van der Waals surface area (Å²) in [7, 11) is 0. The number of benzene rings is 1. The van der Waals surface area contributed by atoms with E-state index in [1.807, 2.05) is 12.1 Å². The second kappa shape index (κ2) is 6.05. The Bertz CT molecular complexity index is 841. The van der Waals surface area contributed by atoms with E-state index in [1.54, 1.807) is 6.07 Å². The molecule has 8 heteroatoms. The maximum Gasteiger partial charge on any atom is 0.271 e. The van der Waals surface area contributed by atoms with Crippen LogP contribution in [0.1, 0.15) is 30.3 Å². The highest BCUT2D eigenvalue weighted by Crippen LogP contribution is 2.31. The van der Waals surface area contributed by atoms with E-state index >= 15 is 0 Å². The number of piperidine rings is 3. The number of nitrogens with zero attached hydrogens (tertiary/aromatic N) is 2. The molecule has 0 radical (unpaired) electrons. The number of hydrogen-bond acceptors (Lipinski definition) is 6. The Morgan fingerprint density at radius 3 is 2.80 bits per heavy atom. The zero-order valence-corrected chi connectivity index (χ0v) is 14.9. The molecular weight excluding hydrogens is 338 g/mol. The third-order valence-electron chi connectivity index (χ3n) is 5.23. The molecule has 0 unspecified atom stereocenters. The van der Waals surface area contributed by atoms with Crippen LogP contribution in [0.2, 0.25) is 0 Å². The summed E-state index contributed by atoms with van der Waals surface area (Å²) in [5.74, 6) is -0.306. The van der Waals surface area contributed by atoms with Crippen molar-refractivity contribution in [3.8, 4) is 0 Å². The summed E-state index contributed by atoms with van der Waals surface area (Å²) >= 11 is 1.26. The lowest BCUT2D eigenvalue weighted by molar-refractivity contribution is -0.114. The predicted octanol–water partition coefficient (Wildman–Crippen LogP) is 1.16. The maximum absolute atomic E-state index is 12.8. The minimum Gasteiger partial charge on any atom is -0.345 e. The average Bonchev–Trinajstić information content (AvgIpc) is 2.98. The van der Waals surface area contributed by atoms with Gasteiger partial charge in [-0.25, -0.2) is 0 Å². The molecule has 1 atom stereocenters. The van der Waals surface area contributed by atoms with E-state index in [4.69, 9.17) is 5.73 Å². The lowest BCUT2D eigenvalue weighted by Gasteiger charge is -2.51. The Kier molecular flexibility index (Phi) is 3.98. The molecule has 5 rings (SSSR count). The molecule has 3 fully saturated rings. The summed E-state index contributed by atoms with van der Waals surface area (Å²) < 4.78 is 5.20. The van der Waals surface area contributed by atoms with E-state index in [2.05, 4.69) is 19.9 Å². The summed E-state index contributed by atoms with van der Waals surface area (Å²) in [4.78, 5) is 26.3. The Labute approximate surface area is 149 Å². The molecule has 0 spiro atoms. The Morgan fingerprint density at radius 2 is 2.12 bits per heavy atom. The Hall–Kier alpha value is -2.03. The molecule has 132 valence electrons. The van der Waals surface area contributed by atoms with E-state index in [1.165, 1.54) is 18.5 Å². The third-order valence-corrected chi connectivity index (χ3v) is 6.04. The molecule has 3 saturated heterocycles. The first kappa shape index (κ1) is 16.4. The van der Waals surface area contributed by atoms with Gasteiger partial charge in [-0.15, -0.1) is 0 Å². The zero-order valence-electron chi connectivity index (χ0n) is 14.0. The number of nitrogens with two attached hydrogens (primary N) is 1. The van der Waals surface area contributed by atoms with Gasteiger partial charge < -0.3 is 21.3 Å². The molecule has 1 aromatic carbocycles. The van der Waals surface area contributed by atoms with Crippen molar-refractivity contribution in [3.05, 3.63) is 23.9 Å². The third kappa shape index (κ3) is 3.01. The van der Waals surface area contributed by atoms with Gasteiger partial charge in [-0.1, -0.05) is 0 Å². The topological polar surface area (TPSA) is 100 Å². The first-order valence-corrected chi connectivity index (χ1v) is 9.21. The van der Waals surface area contributed by atoms with Crippen molar-refractivity contribution >= 4 is 39.1 Å². The van der Waals surface area contributed by atoms with E-state index in [9.17, 15) is 9.59 Å². The summed E-state index contributed by atoms with van der Waals surface area (Å²) in [6, 6.07) is 5.41. The van der Waals surface area contributed by atoms with Crippen molar-refractivity contribution in [2.24, 2.45) is 5.73 Å². The molecular formula is C17H21N5O2S. The molecule has 3 aliphatic rings. The van der Waals surface area contributed by atoms with Gasteiger partial charge in [0.25, 0.3) is 5.91 Å². The standard InChI is InChI=1S/C17H21N5O2S/c1-10(23)19-11-2-3-12-13(8-11)25-21-15(12)16(24)20-14-9-22-6-4-17(14,18)5-7-22/h2-3,8,14H,4-7,9,18H2,1H3,(H,19,23)(H,20,24)/t14-/m1/s1. The fraction of sp³-hybridized carbons (Fsp3) is 0.471. The Morgan fingerprint density at radius 1 is 1.36 bits per heavy atom. The fourth-order valence-electron chi connectivity index (χ4n) is 3.74. The van der Waals surface area contributed by atoms with E-state index in [0.29, 0.717) is 11.4 Å². The van der Waals surface area contributed by atoms with Gasteiger partial charge in [0.2, 0.25) is 5.91 Å². The minimum absolute atomic E-state index is 0.0436. The number of rotatable bonds is 3. The highest BCUT2D eigenvalue weighted by atomic mass is 32.1. The number of nitrogens with one attached hydrogen (secondary N) is 2.